The maximum absolute atomic E-state index is 11.0. The Hall–Kier alpha value is -4.18. The van der Waals surface area contributed by atoms with E-state index >= 15 is 0 Å². The first-order valence-corrected chi connectivity index (χ1v) is 13.0. The summed E-state index contributed by atoms with van der Waals surface area (Å²) in [6.45, 7) is 4.50. The van der Waals surface area contributed by atoms with Crippen LogP contribution in [0.5, 0.6) is 11.5 Å². The van der Waals surface area contributed by atoms with Gasteiger partial charge in [0.1, 0.15) is 16.9 Å². The lowest BCUT2D eigenvalue weighted by atomic mass is 10.1. The molecule has 1 aliphatic carbocycles. The van der Waals surface area contributed by atoms with E-state index in [1.165, 1.54) is 25.0 Å². The third kappa shape index (κ3) is 5.80. The predicted octanol–water partition coefficient (Wildman–Crippen LogP) is 3.43. The number of hydrogen-bond acceptors (Lipinski definition) is 8. The van der Waals surface area contributed by atoms with Crippen LogP contribution in [0.3, 0.4) is 0 Å². The number of carbonyl (C=O) groups is 1. The molecule has 0 amide bonds. The lowest BCUT2D eigenvalue weighted by Gasteiger charge is -2.23. The molecule has 5 rings (SSSR count). The van der Waals surface area contributed by atoms with Gasteiger partial charge in [-0.25, -0.2) is 9.97 Å². The number of H-pyrrole nitrogens is 1. The van der Waals surface area contributed by atoms with Gasteiger partial charge < -0.3 is 33.7 Å². The highest BCUT2D eigenvalue weighted by Gasteiger charge is 2.27. The Kier molecular flexibility index (Phi) is 7.38. The van der Waals surface area contributed by atoms with Gasteiger partial charge in [-0.05, 0) is 68.4 Å². The van der Waals surface area contributed by atoms with Crippen LogP contribution < -0.4 is 20.1 Å². The fourth-order valence-electron chi connectivity index (χ4n) is 4.75. The first-order valence-electron chi connectivity index (χ1n) is 13.0. The van der Waals surface area contributed by atoms with E-state index in [0.717, 1.165) is 29.7 Å². The molecule has 1 saturated carbocycles. The molecular formula is C29H32N5O5-. The van der Waals surface area contributed by atoms with Crippen LogP contribution in [-0.4, -0.2) is 38.7 Å². The average molecular weight is 531 g/mol. The van der Waals surface area contributed by atoms with E-state index in [1.54, 1.807) is 25.6 Å². The molecule has 0 spiro atoms. The zero-order valence-electron chi connectivity index (χ0n) is 22.3. The number of fused-ring (bicyclic) bond motifs is 1. The number of nitrogens with zero attached hydrogens (tertiary/aromatic N) is 3. The minimum atomic E-state index is -1.22. The summed E-state index contributed by atoms with van der Waals surface area (Å²) in [5.74, 6) is 0.772. The van der Waals surface area contributed by atoms with Crippen molar-refractivity contribution in [2.75, 3.05) is 7.11 Å². The second-order valence-corrected chi connectivity index (χ2v) is 10.3. The van der Waals surface area contributed by atoms with Gasteiger partial charge in [-0.15, -0.1) is 0 Å². The van der Waals surface area contributed by atoms with Crippen LogP contribution in [-0.2, 0) is 23.5 Å². The number of imidazole rings is 1. The van der Waals surface area contributed by atoms with Crippen LogP contribution in [0, 0.1) is 5.41 Å². The van der Waals surface area contributed by atoms with Gasteiger partial charge in [-0.3, -0.25) is 5.41 Å². The average Bonchev–Trinajstić information content (AvgIpc) is 3.61. The van der Waals surface area contributed by atoms with E-state index < -0.39 is 11.6 Å². The largest absolute Gasteiger partial charge is 0.545 e. The van der Waals surface area contributed by atoms with Crippen molar-refractivity contribution in [3.63, 3.8) is 0 Å². The molecule has 10 nitrogen and oxygen atoms in total. The number of nitrogens with one attached hydrogen (secondary N) is 2. The molecule has 4 aromatic rings. The number of aromatic carboxylic acids is 1. The van der Waals surface area contributed by atoms with E-state index in [9.17, 15) is 9.90 Å². The van der Waals surface area contributed by atoms with Crippen molar-refractivity contribution in [2.24, 2.45) is 0 Å². The van der Waals surface area contributed by atoms with E-state index in [4.69, 9.17) is 24.6 Å². The van der Waals surface area contributed by atoms with E-state index in [2.05, 4.69) is 9.97 Å². The summed E-state index contributed by atoms with van der Waals surface area (Å²) >= 11 is 0. The maximum atomic E-state index is 11.0. The van der Waals surface area contributed by atoms with E-state index in [0.29, 0.717) is 29.3 Å². The number of rotatable bonds is 10. The summed E-state index contributed by atoms with van der Waals surface area (Å²) in [7, 11) is 1.64. The molecule has 0 unspecified atom stereocenters. The van der Waals surface area contributed by atoms with Crippen molar-refractivity contribution >= 4 is 17.1 Å². The highest BCUT2D eigenvalue weighted by atomic mass is 16.5. The monoisotopic (exact) mass is 530 g/mol. The van der Waals surface area contributed by atoms with Gasteiger partial charge in [-0.2, -0.15) is 0 Å². The molecular weight excluding hydrogens is 498 g/mol. The van der Waals surface area contributed by atoms with Crippen molar-refractivity contribution in [1.29, 1.82) is 5.41 Å². The van der Waals surface area contributed by atoms with E-state index in [1.807, 2.05) is 36.6 Å². The van der Waals surface area contributed by atoms with Crippen LogP contribution in [0.25, 0.3) is 11.2 Å². The highest BCUT2D eigenvalue weighted by molar-refractivity contribution is 5.85. The number of carboxylic acid groups (broad SMARTS) is 1. The lowest BCUT2D eigenvalue weighted by molar-refractivity contribution is -0.255. The zero-order valence-corrected chi connectivity index (χ0v) is 22.3. The number of ether oxygens (including phenoxy) is 3. The summed E-state index contributed by atoms with van der Waals surface area (Å²) in [5, 5.41) is 19.3. The van der Waals surface area contributed by atoms with Gasteiger partial charge in [0, 0.05) is 0 Å². The van der Waals surface area contributed by atoms with Crippen LogP contribution in [0.15, 0.2) is 48.8 Å². The molecule has 10 heteroatoms. The van der Waals surface area contributed by atoms with Crippen LogP contribution >= 0.6 is 0 Å². The van der Waals surface area contributed by atoms with E-state index in [-0.39, 0.29) is 23.8 Å². The summed E-state index contributed by atoms with van der Waals surface area (Å²) < 4.78 is 19.8. The molecule has 2 heterocycles. The Morgan fingerprint density at radius 2 is 1.85 bits per heavy atom. The van der Waals surface area contributed by atoms with Crippen molar-refractivity contribution in [2.45, 2.75) is 64.4 Å². The van der Waals surface area contributed by atoms with Crippen molar-refractivity contribution in [3.05, 3.63) is 76.8 Å². The van der Waals surface area contributed by atoms with Crippen molar-refractivity contribution in [1.82, 2.24) is 19.5 Å². The summed E-state index contributed by atoms with van der Waals surface area (Å²) in [5.41, 5.74) is 2.30. The van der Waals surface area contributed by atoms with Gasteiger partial charge in [0.25, 0.3) is 0 Å². The minimum absolute atomic E-state index is 0.0913. The molecule has 0 saturated heterocycles. The van der Waals surface area contributed by atoms with Crippen LogP contribution in [0.2, 0.25) is 0 Å². The number of methoxy groups -OCH3 is 1. The molecule has 39 heavy (non-hydrogen) atoms. The standard InChI is InChI=1S/C29H33N5O5/c1-29(2,38-16-18-8-11-20(12-9-18)27(35)36)28-32-24-25(30)31-17-34(26(24)33-28)15-19-10-13-22(37-3)23(14-19)39-21-6-4-5-7-21/h8-14,17,21,30H,4-7,15-16H2,1-3H3,(H,32,33)(H,35,36)/p-1. The van der Waals surface area contributed by atoms with Crippen LogP contribution in [0.4, 0.5) is 0 Å². The molecule has 2 aromatic carbocycles. The molecule has 1 aliphatic rings. The molecule has 2 aromatic heterocycles. The fraction of sp³-hybridized carbons (Fsp3) is 0.379. The quantitative estimate of drug-likeness (QED) is 0.320. The SMILES string of the molecule is COc1ccc(Cn2cnc(=N)c3[nH]c(C(C)(C)OCc4ccc(C(=O)[O-])cc4)nc32)cc1OC1CCCC1. The minimum Gasteiger partial charge on any atom is -0.545 e. The second-order valence-electron chi connectivity index (χ2n) is 10.3. The number of hydrogen-bond donors (Lipinski definition) is 2. The Bertz CT molecular complexity index is 1530. The molecule has 0 bridgehead atoms. The number of aromatic nitrogens is 4. The second kappa shape index (κ2) is 10.9. The summed E-state index contributed by atoms with van der Waals surface area (Å²) in [6, 6.07) is 12.3. The fourth-order valence-corrected chi connectivity index (χ4v) is 4.75. The third-order valence-corrected chi connectivity index (χ3v) is 7.06. The lowest BCUT2D eigenvalue weighted by Crippen LogP contribution is -2.23. The molecule has 204 valence electrons. The van der Waals surface area contributed by atoms with Crippen molar-refractivity contribution in [3.8, 4) is 11.5 Å². The first-order chi connectivity index (χ1) is 18.7. The molecule has 0 aliphatic heterocycles. The van der Waals surface area contributed by atoms with Gasteiger partial charge in [0.15, 0.2) is 22.6 Å². The Morgan fingerprint density at radius 1 is 1.13 bits per heavy atom. The number of carboxylic acids is 1. The van der Waals surface area contributed by atoms with Crippen molar-refractivity contribution < 1.29 is 24.1 Å². The van der Waals surface area contributed by atoms with Crippen LogP contribution in [0.1, 0.15) is 66.8 Å². The molecule has 0 atom stereocenters. The summed E-state index contributed by atoms with van der Waals surface area (Å²) in [6.07, 6.45) is 6.29. The predicted molar refractivity (Wildman–Crippen MR) is 141 cm³/mol. The Labute approximate surface area is 226 Å². The summed E-state index contributed by atoms with van der Waals surface area (Å²) in [4.78, 5) is 23.3. The first kappa shape index (κ1) is 26.4. The van der Waals surface area contributed by atoms with Gasteiger partial charge >= 0.3 is 0 Å². The zero-order chi connectivity index (χ0) is 27.6. The topological polar surface area (TPSA) is 138 Å². The Morgan fingerprint density at radius 3 is 2.54 bits per heavy atom. The van der Waals surface area contributed by atoms with Gasteiger partial charge in [0.05, 0.1) is 38.7 Å². The maximum Gasteiger partial charge on any atom is 0.173 e. The molecule has 2 N–H and O–H groups in total. The Balaban J connectivity index is 1.38. The number of aromatic amines is 1. The number of carbonyl (C=O) groups excluding carboxylic acids is 1. The smallest absolute Gasteiger partial charge is 0.173 e. The number of benzene rings is 2. The highest BCUT2D eigenvalue weighted by Crippen LogP contribution is 2.33. The third-order valence-electron chi connectivity index (χ3n) is 7.06. The van der Waals surface area contributed by atoms with Gasteiger partial charge in [-0.1, -0.05) is 30.3 Å². The molecule has 1 fully saturated rings. The van der Waals surface area contributed by atoms with Gasteiger partial charge in [0.2, 0.25) is 0 Å². The normalized spacial score (nSPS) is 14.1. The molecule has 0 radical (unpaired) electrons.